The molecule has 0 saturated heterocycles. The highest BCUT2D eigenvalue weighted by atomic mass is 16.5. The van der Waals surface area contributed by atoms with Crippen LogP contribution in [0.5, 0.6) is 11.5 Å². The Kier molecular flexibility index (Phi) is 5.71. The number of carboxylic acid groups (broad SMARTS) is 1. The number of anilines is 1. The van der Waals surface area contributed by atoms with Crippen LogP contribution >= 0.6 is 0 Å². The largest absolute Gasteiger partial charge is 0.497 e. The Morgan fingerprint density at radius 3 is 2.65 bits per heavy atom. The predicted octanol–water partition coefficient (Wildman–Crippen LogP) is 5.28. The molecule has 5 rings (SSSR count). The fourth-order valence-corrected chi connectivity index (χ4v) is 4.06. The maximum absolute atomic E-state index is 11.1. The number of aryl methyl sites for hydroxylation is 1. The minimum Gasteiger partial charge on any atom is -0.497 e. The summed E-state index contributed by atoms with van der Waals surface area (Å²) in [5.41, 5.74) is 3.97. The van der Waals surface area contributed by atoms with Crippen LogP contribution in [-0.2, 0) is 6.61 Å². The van der Waals surface area contributed by atoms with Crippen molar-refractivity contribution in [3.63, 3.8) is 0 Å². The van der Waals surface area contributed by atoms with Crippen molar-refractivity contribution < 1.29 is 19.4 Å². The zero-order valence-electron chi connectivity index (χ0n) is 18.9. The van der Waals surface area contributed by atoms with Gasteiger partial charge in [-0.1, -0.05) is 12.1 Å². The molecule has 34 heavy (non-hydrogen) atoms. The average Bonchev–Trinajstić information content (AvgIpc) is 3.63. The van der Waals surface area contributed by atoms with Crippen molar-refractivity contribution >= 4 is 22.7 Å². The van der Waals surface area contributed by atoms with Crippen LogP contribution in [0.15, 0.2) is 60.8 Å². The van der Waals surface area contributed by atoms with Gasteiger partial charge in [0, 0.05) is 46.6 Å². The molecule has 2 atom stereocenters. The Hall–Kier alpha value is -4.20. The van der Waals surface area contributed by atoms with Gasteiger partial charge in [-0.25, -0.2) is 14.8 Å². The number of rotatable bonds is 7. The van der Waals surface area contributed by atoms with Crippen molar-refractivity contribution in [2.45, 2.75) is 31.8 Å². The number of amides is 1. The number of nitrogens with zero attached hydrogens (tertiary/aromatic N) is 3. The summed E-state index contributed by atoms with van der Waals surface area (Å²) in [6, 6.07) is 16.9. The molecule has 0 unspecified atom stereocenters. The molecule has 2 heterocycles. The number of hydrogen-bond acceptors (Lipinski definition) is 6. The summed E-state index contributed by atoms with van der Waals surface area (Å²) in [4.78, 5) is 25.0. The van der Waals surface area contributed by atoms with Gasteiger partial charge in [0.05, 0.1) is 12.6 Å². The van der Waals surface area contributed by atoms with Gasteiger partial charge in [0.25, 0.3) is 0 Å². The van der Waals surface area contributed by atoms with Gasteiger partial charge < -0.3 is 14.6 Å². The fraction of sp³-hybridized carbons (Fsp3) is 0.231. The van der Waals surface area contributed by atoms with Crippen molar-refractivity contribution in [1.29, 1.82) is 0 Å². The van der Waals surface area contributed by atoms with Gasteiger partial charge in [-0.3, -0.25) is 10.3 Å². The van der Waals surface area contributed by atoms with E-state index in [1.807, 2.05) is 49.4 Å². The highest BCUT2D eigenvalue weighted by Crippen LogP contribution is 2.53. The van der Waals surface area contributed by atoms with Crippen LogP contribution in [0, 0.1) is 6.92 Å². The smallest absolute Gasteiger partial charge is 0.409 e. The Morgan fingerprint density at radius 2 is 1.91 bits per heavy atom. The van der Waals surface area contributed by atoms with Crippen LogP contribution in [0.25, 0.3) is 10.9 Å². The van der Waals surface area contributed by atoms with Crippen LogP contribution < -0.4 is 14.8 Å². The molecule has 1 saturated carbocycles. The summed E-state index contributed by atoms with van der Waals surface area (Å²) in [6.07, 6.45) is 1.58. The Labute approximate surface area is 196 Å². The van der Waals surface area contributed by atoms with Crippen LogP contribution in [0.2, 0.25) is 0 Å². The molecule has 0 radical (unpaired) electrons. The predicted molar refractivity (Wildman–Crippen MR) is 128 cm³/mol. The molecule has 0 spiro atoms. The number of fused-ring (bicyclic) bond motifs is 1. The first kappa shape index (κ1) is 21.6. The Balaban J connectivity index is 1.47. The number of ether oxygens (including phenoxy) is 2. The Morgan fingerprint density at radius 1 is 1.09 bits per heavy atom. The summed E-state index contributed by atoms with van der Waals surface area (Å²) in [6.45, 7) is 2.34. The number of nitrogens with one attached hydrogen (secondary N) is 1. The van der Waals surface area contributed by atoms with E-state index >= 15 is 0 Å². The Bertz CT molecular complexity index is 1360. The van der Waals surface area contributed by atoms with Crippen LogP contribution in [0.3, 0.4) is 0 Å². The molecule has 1 aliphatic rings. The van der Waals surface area contributed by atoms with Crippen molar-refractivity contribution in [3.05, 3.63) is 83.6 Å². The minimum absolute atomic E-state index is 0.186. The van der Waals surface area contributed by atoms with Gasteiger partial charge >= 0.3 is 6.09 Å². The van der Waals surface area contributed by atoms with E-state index in [9.17, 15) is 4.79 Å². The van der Waals surface area contributed by atoms with Crippen LogP contribution in [-0.4, -0.2) is 33.3 Å². The first-order valence-electron chi connectivity index (χ1n) is 11.0. The number of pyridine rings is 1. The lowest BCUT2D eigenvalue weighted by molar-refractivity contribution is 0.210. The number of methoxy groups -OCH3 is 1. The standard InChI is InChI=1S/C26H24N4O4/c1-15-9-10-27-25(28-15)21-12-20(21)23-13-24(34-14-16-3-6-18(33-2)7-4-16)19-8-5-17(29-26(31)32)11-22(19)30-23/h3-11,13,20-21,29H,12,14H2,1-2H3,(H,31,32)/t20-,21-/m0/s1. The topological polar surface area (TPSA) is 106 Å². The zero-order chi connectivity index (χ0) is 23.7. The lowest BCUT2D eigenvalue weighted by atomic mass is 10.1. The SMILES string of the molecule is COc1ccc(COc2cc([C@H]3C[C@@H]3c3nccc(C)n3)nc3cc(NC(=O)O)ccc23)cc1. The van der Waals surface area contributed by atoms with E-state index in [1.165, 1.54) is 0 Å². The molecule has 1 amide bonds. The highest BCUT2D eigenvalue weighted by Gasteiger charge is 2.43. The normalized spacial score (nSPS) is 16.8. The molecule has 4 aromatic rings. The summed E-state index contributed by atoms with van der Waals surface area (Å²) in [5.74, 6) is 2.71. The number of carbonyl (C=O) groups is 1. The highest BCUT2D eigenvalue weighted by molar-refractivity contribution is 5.91. The fourth-order valence-electron chi connectivity index (χ4n) is 4.06. The molecule has 8 nitrogen and oxygen atoms in total. The lowest BCUT2D eigenvalue weighted by Crippen LogP contribution is -2.07. The molecule has 2 aromatic heterocycles. The monoisotopic (exact) mass is 456 g/mol. The van der Waals surface area contributed by atoms with Gasteiger partial charge in [-0.2, -0.15) is 0 Å². The first-order valence-corrected chi connectivity index (χ1v) is 11.0. The van der Waals surface area contributed by atoms with Crippen molar-refractivity contribution in [3.8, 4) is 11.5 Å². The van der Waals surface area contributed by atoms with Gasteiger partial charge in [-0.05, 0) is 55.3 Å². The van der Waals surface area contributed by atoms with Gasteiger partial charge in [0.2, 0.25) is 0 Å². The van der Waals surface area contributed by atoms with Gasteiger partial charge in [-0.15, -0.1) is 0 Å². The summed E-state index contributed by atoms with van der Waals surface area (Å²) >= 11 is 0. The minimum atomic E-state index is -1.12. The molecule has 172 valence electrons. The molecule has 0 aliphatic heterocycles. The third-order valence-corrected chi connectivity index (χ3v) is 5.91. The second kappa shape index (κ2) is 8.97. The average molecular weight is 457 g/mol. The van der Waals surface area contributed by atoms with E-state index < -0.39 is 6.09 Å². The molecule has 2 aromatic carbocycles. The van der Waals surface area contributed by atoms with Crippen molar-refractivity contribution in [2.75, 3.05) is 12.4 Å². The molecular weight excluding hydrogens is 432 g/mol. The van der Waals surface area contributed by atoms with Gasteiger partial charge in [0.1, 0.15) is 23.9 Å². The van der Waals surface area contributed by atoms with E-state index in [4.69, 9.17) is 19.6 Å². The number of aromatic nitrogens is 3. The van der Waals surface area contributed by atoms with Crippen LogP contribution in [0.4, 0.5) is 10.5 Å². The van der Waals surface area contributed by atoms with Crippen LogP contribution in [0.1, 0.15) is 41.0 Å². The summed E-state index contributed by atoms with van der Waals surface area (Å²) < 4.78 is 11.5. The summed E-state index contributed by atoms with van der Waals surface area (Å²) in [5, 5.41) is 12.3. The molecule has 8 heteroatoms. The lowest BCUT2D eigenvalue weighted by Gasteiger charge is -2.13. The third kappa shape index (κ3) is 4.61. The number of hydrogen-bond donors (Lipinski definition) is 2. The zero-order valence-corrected chi connectivity index (χ0v) is 18.9. The van der Waals surface area contributed by atoms with E-state index in [0.29, 0.717) is 23.6 Å². The molecule has 2 N–H and O–H groups in total. The van der Waals surface area contributed by atoms with E-state index in [0.717, 1.165) is 40.3 Å². The molecule has 1 aliphatic carbocycles. The van der Waals surface area contributed by atoms with E-state index in [-0.39, 0.29) is 11.8 Å². The molecular formula is C26H24N4O4. The van der Waals surface area contributed by atoms with Crippen molar-refractivity contribution in [2.24, 2.45) is 0 Å². The second-order valence-electron chi connectivity index (χ2n) is 8.35. The number of benzene rings is 2. The third-order valence-electron chi connectivity index (χ3n) is 5.91. The second-order valence-corrected chi connectivity index (χ2v) is 8.35. The van der Waals surface area contributed by atoms with E-state index in [2.05, 4.69) is 15.3 Å². The molecule has 0 bridgehead atoms. The molecule has 1 fully saturated rings. The maximum atomic E-state index is 11.1. The quantitative estimate of drug-likeness (QED) is 0.389. The van der Waals surface area contributed by atoms with Crippen molar-refractivity contribution in [1.82, 2.24) is 15.0 Å². The van der Waals surface area contributed by atoms with E-state index in [1.54, 1.807) is 25.4 Å². The van der Waals surface area contributed by atoms with Gasteiger partial charge in [0.15, 0.2) is 0 Å². The first-order chi connectivity index (χ1) is 16.5. The summed E-state index contributed by atoms with van der Waals surface area (Å²) in [7, 11) is 1.64. The maximum Gasteiger partial charge on any atom is 0.409 e.